The first kappa shape index (κ1) is 15.0. The van der Waals surface area contributed by atoms with E-state index in [9.17, 15) is 13.2 Å². The topological polar surface area (TPSA) is 101 Å². The Labute approximate surface area is 118 Å². The van der Waals surface area contributed by atoms with Crippen molar-refractivity contribution in [2.75, 3.05) is 12.4 Å². The highest BCUT2D eigenvalue weighted by Gasteiger charge is 2.28. The third-order valence-corrected chi connectivity index (χ3v) is 5.02. The van der Waals surface area contributed by atoms with E-state index in [1.807, 2.05) is 0 Å². The number of rotatable bonds is 4. The zero-order valence-corrected chi connectivity index (χ0v) is 12.1. The Hall–Kier alpha value is -1.44. The molecule has 1 aromatic rings. The van der Waals surface area contributed by atoms with Gasteiger partial charge in [0, 0.05) is 12.0 Å². The molecule has 2 rings (SSSR count). The molecule has 0 aromatic heterocycles. The van der Waals surface area contributed by atoms with E-state index in [2.05, 4.69) is 10.0 Å². The van der Waals surface area contributed by atoms with Gasteiger partial charge in [0.05, 0.1) is 5.69 Å². The summed E-state index contributed by atoms with van der Waals surface area (Å²) in [5.74, 6) is -0.313. The number of anilines is 1. The molecule has 2 atom stereocenters. The van der Waals surface area contributed by atoms with Crippen LogP contribution in [0.1, 0.15) is 19.3 Å². The smallest absolute Gasteiger partial charge is 0.242 e. The summed E-state index contributed by atoms with van der Waals surface area (Å²) in [5, 5.41) is 2.70. The van der Waals surface area contributed by atoms with Crippen LogP contribution in [0.3, 0.4) is 0 Å². The molecular formula is C13H19N3O3S. The third kappa shape index (κ3) is 3.17. The molecule has 0 heterocycles. The highest BCUT2D eigenvalue weighted by molar-refractivity contribution is 7.89. The average molecular weight is 297 g/mol. The Morgan fingerprint density at radius 3 is 2.60 bits per heavy atom. The second-order valence-corrected chi connectivity index (χ2v) is 6.82. The summed E-state index contributed by atoms with van der Waals surface area (Å²) in [6.45, 7) is 0. The maximum absolute atomic E-state index is 12.1. The number of hydrogen-bond donors (Lipinski definition) is 3. The second kappa shape index (κ2) is 5.90. The van der Waals surface area contributed by atoms with Gasteiger partial charge in [0.2, 0.25) is 15.9 Å². The molecule has 1 aliphatic rings. The van der Waals surface area contributed by atoms with Gasteiger partial charge in [-0.2, -0.15) is 0 Å². The van der Waals surface area contributed by atoms with Crippen molar-refractivity contribution in [1.82, 2.24) is 4.72 Å². The zero-order chi connectivity index (χ0) is 14.8. The van der Waals surface area contributed by atoms with E-state index in [0.29, 0.717) is 12.1 Å². The van der Waals surface area contributed by atoms with Crippen LogP contribution >= 0.6 is 0 Å². The molecule has 0 aliphatic heterocycles. The minimum Gasteiger partial charge on any atom is -0.328 e. The molecule has 0 spiro atoms. The zero-order valence-electron chi connectivity index (χ0n) is 11.3. The SMILES string of the molecule is CNS(=O)(=O)c1ccccc1NC(=O)C1CCC(N)C1. The molecule has 0 saturated heterocycles. The van der Waals surface area contributed by atoms with Gasteiger partial charge in [0.25, 0.3) is 0 Å². The lowest BCUT2D eigenvalue weighted by Crippen LogP contribution is -2.25. The number of carbonyl (C=O) groups is 1. The van der Waals surface area contributed by atoms with Gasteiger partial charge in [0.15, 0.2) is 0 Å². The van der Waals surface area contributed by atoms with Gasteiger partial charge in [-0.05, 0) is 38.4 Å². The first-order valence-electron chi connectivity index (χ1n) is 6.53. The highest BCUT2D eigenvalue weighted by Crippen LogP contribution is 2.27. The number of para-hydroxylation sites is 1. The molecule has 1 aliphatic carbocycles. The molecule has 1 fully saturated rings. The number of hydrogen-bond acceptors (Lipinski definition) is 4. The van der Waals surface area contributed by atoms with Crippen LogP contribution in [-0.2, 0) is 14.8 Å². The fourth-order valence-corrected chi connectivity index (χ4v) is 3.29. The van der Waals surface area contributed by atoms with E-state index in [0.717, 1.165) is 12.8 Å². The van der Waals surface area contributed by atoms with Crippen molar-refractivity contribution < 1.29 is 13.2 Å². The molecule has 0 radical (unpaired) electrons. The second-order valence-electron chi connectivity index (χ2n) is 4.96. The van der Waals surface area contributed by atoms with Crippen molar-refractivity contribution in [2.45, 2.75) is 30.2 Å². The summed E-state index contributed by atoms with van der Waals surface area (Å²) < 4.78 is 26.0. The van der Waals surface area contributed by atoms with Gasteiger partial charge in [0.1, 0.15) is 4.90 Å². The molecule has 6 nitrogen and oxygen atoms in total. The molecule has 110 valence electrons. The Bertz CT molecular complexity index is 601. The Kier molecular flexibility index (Phi) is 4.42. The van der Waals surface area contributed by atoms with Crippen molar-refractivity contribution in [3.63, 3.8) is 0 Å². The van der Waals surface area contributed by atoms with Gasteiger partial charge in [-0.15, -0.1) is 0 Å². The molecule has 0 bridgehead atoms. The van der Waals surface area contributed by atoms with Crippen molar-refractivity contribution in [1.29, 1.82) is 0 Å². The van der Waals surface area contributed by atoms with Gasteiger partial charge >= 0.3 is 0 Å². The summed E-state index contributed by atoms with van der Waals surface area (Å²) >= 11 is 0. The van der Waals surface area contributed by atoms with Crippen molar-refractivity contribution in [3.05, 3.63) is 24.3 Å². The predicted octanol–water partition coefficient (Wildman–Crippen LogP) is 0.661. The van der Waals surface area contributed by atoms with Gasteiger partial charge in [-0.1, -0.05) is 12.1 Å². The van der Waals surface area contributed by atoms with Crippen molar-refractivity contribution in [2.24, 2.45) is 11.7 Å². The molecule has 7 heteroatoms. The Morgan fingerprint density at radius 2 is 2.00 bits per heavy atom. The fourth-order valence-electron chi connectivity index (χ4n) is 2.40. The van der Waals surface area contributed by atoms with E-state index >= 15 is 0 Å². The fraction of sp³-hybridized carbons (Fsp3) is 0.462. The minimum atomic E-state index is -3.60. The number of nitrogens with one attached hydrogen (secondary N) is 2. The van der Waals surface area contributed by atoms with E-state index in [-0.39, 0.29) is 22.8 Å². The first-order chi connectivity index (χ1) is 9.44. The first-order valence-corrected chi connectivity index (χ1v) is 8.01. The Balaban J connectivity index is 2.20. The number of carbonyl (C=O) groups excluding carboxylic acids is 1. The summed E-state index contributed by atoms with van der Waals surface area (Å²) in [5.41, 5.74) is 6.09. The van der Waals surface area contributed by atoms with E-state index in [4.69, 9.17) is 5.73 Å². The quantitative estimate of drug-likeness (QED) is 0.760. The van der Waals surface area contributed by atoms with Crippen LogP contribution in [0, 0.1) is 5.92 Å². The van der Waals surface area contributed by atoms with E-state index in [1.165, 1.54) is 13.1 Å². The van der Waals surface area contributed by atoms with Crippen LogP contribution in [0.4, 0.5) is 5.69 Å². The molecular weight excluding hydrogens is 278 g/mol. The van der Waals surface area contributed by atoms with Crippen LogP contribution in [-0.4, -0.2) is 27.4 Å². The maximum atomic E-state index is 12.1. The van der Waals surface area contributed by atoms with E-state index in [1.54, 1.807) is 18.2 Å². The largest absolute Gasteiger partial charge is 0.328 e. The van der Waals surface area contributed by atoms with Crippen molar-refractivity contribution in [3.8, 4) is 0 Å². The minimum absolute atomic E-state index is 0.0574. The van der Waals surface area contributed by atoms with Gasteiger partial charge < -0.3 is 11.1 Å². The van der Waals surface area contributed by atoms with Crippen LogP contribution in [0.5, 0.6) is 0 Å². The predicted molar refractivity (Wildman–Crippen MR) is 76.6 cm³/mol. The lowest BCUT2D eigenvalue weighted by atomic mass is 10.1. The number of sulfonamides is 1. The molecule has 1 amide bonds. The number of nitrogens with two attached hydrogens (primary N) is 1. The van der Waals surface area contributed by atoms with Crippen LogP contribution in [0.2, 0.25) is 0 Å². The monoisotopic (exact) mass is 297 g/mol. The standard InChI is InChI=1S/C13H19N3O3S/c1-15-20(18,19)12-5-3-2-4-11(12)16-13(17)9-6-7-10(14)8-9/h2-5,9-10,15H,6-8,14H2,1H3,(H,16,17). The van der Waals surface area contributed by atoms with Gasteiger partial charge in [-0.25, -0.2) is 13.1 Å². The van der Waals surface area contributed by atoms with Crippen LogP contribution < -0.4 is 15.8 Å². The lowest BCUT2D eigenvalue weighted by molar-refractivity contribution is -0.119. The molecule has 4 N–H and O–H groups in total. The van der Waals surface area contributed by atoms with Gasteiger partial charge in [-0.3, -0.25) is 4.79 Å². The summed E-state index contributed by atoms with van der Waals surface area (Å²) in [6.07, 6.45) is 2.22. The molecule has 1 aromatic carbocycles. The molecule has 20 heavy (non-hydrogen) atoms. The van der Waals surface area contributed by atoms with E-state index < -0.39 is 10.0 Å². The highest BCUT2D eigenvalue weighted by atomic mass is 32.2. The van der Waals surface area contributed by atoms with Crippen LogP contribution in [0.25, 0.3) is 0 Å². The molecule has 1 saturated carbocycles. The normalized spacial score (nSPS) is 22.7. The summed E-state index contributed by atoms with van der Waals surface area (Å²) in [4.78, 5) is 12.2. The van der Waals surface area contributed by atoms with Crippen LogP contribution in [0.15, 0.2) is 29.2 Å². The lowest BCUT2D eigenvalue weighted by Gasteiger charge is -2.14. The van der Waals surface area contributed by atoms with Crippen molar-refractivity contribution >= 4 is 21.6 Å². The summed E-state index contributed by atoms with van der Waals surface area (Å²) in [7, 11) is -2.26. The maximum Gasteiger partial charge on any atom is 0.242 e. The third-order valence-electron chi connectivity index (χ3n) is 3.55. The molecule has 2 unspecified atom stereocenters. The Morgan fingerprint density at radius 1 is 1.30 bits per heavy atom. The number of benzene rings is 1. The number of amides is 1. The average Bonchev–Trinajstić information content (AvgIpc) is 2.86. The summed E-state index contributed by atoms with van der Waals surface area (Å²) in [6, 6.07) is 6.40.